The fourth-order valence-electron chi connectivity index (χ4n) is 6.13. The van der Waals surface area contributed by atoms with Gasteiger partial charge in [0.15, 0.2) is 0 Å². The van der Waals surface area contributed by atoms with Gasteiger partial charge in [0.25, 0.3) is 0 Å². The number of phosphoric acid groups is 1. The van der Waals surface area contributed by atoms with E-state index in [4.69, 9.17) is 18.5 Å². The Labute approximate surface area is 346 Å². The second-order valence-corrected chi connectivity index (χ2v) is 17.9. The van der Waals surface area contributed by atoms with Crippen LogP contribution in [0.5, 0.6) is 0 Å². The summed E-state index contributed by atoms with van der Waals surface area (Å²) in [7, 11) is 1.66. The lowest BCUT2D eigenvalue weighted by Crippen LogP contribution is -2.37. The first-order valence-electron chi connectivity index (χ1n) is 22.9. The molecular weight excluding hydrogens is 721 g/mol. The van der Waals surface area contributed by atoms with Crippen molar-refractivity contribution in [2.24, 2.45) is 0 Å². The molecule has 0 aliphatic heterocycles. The SMILES string of the molecule is CC/C=C\C/C=C\C/C=C\C/C=C\CCCCCCCCCCCCC(=O)OC(COCCCCCCCCCCCCC)COP(=O)(O)OCC[N+](C)(C)C. The summed E-state index contributed by atoms with van der Waals surface area (Å²) in [6.45, 7) is 5.51. The van der Waals surface area contributed by atoms with Crippen LogP contribution in [0.1, 0.15) is 187 Å². The number of esters is 1. The van der Waals surface area contributed by atoms with Crippen LogP contribution in [0.3, 0.4) is 0 Å². The van der Waals surface area contributed by atoms with Crippen molar-refractivity contribution < 1.29 is 37.3 Å². The van der Waals surface area contributed by atoms with E-state index < -0.39 is 13.9 Å². The lowest BCUT2D eigenvalue weighted by atomic mass is 10.0. The van der Waals surface area contributed by atoms with Gasteiger partial charge in [0.2, 0.25) is 0 Å². The van der Waals surface area contributed by atoms with E-state index in [1.807, 2.05) is 21.1 Å². The number of phosphoric ester groups is 1. The van der Waals surface area contributed by atoms with Crippen LogP contribution in [0.2, 0.25) is 0 Å². The van der Waals surface area contributed by atoms with Gasteiger partial charge >= 0.3 is 13.8 Å². The molecule has 328 valence electrons. The molecule has 0 saturated carbocycles. The van der Waals surface area contributed by atoms with E-state index in [2.05, 4.69) is 62.5 Å². The smallest absolute Gasteiger partial charge is 0.457 e. The van der Waals surface area contributed by atoms with Gasteiger partial charge in [-0.05, 0) is 51.4 Å². The number of allylic oxidation sites excluding steroid dienone is 8. The first-order chi connectivity index (χ1) is 27.1. The van der Waals surface area contributed by atoms with E-state index in [1.54, 1.807) is 0 Å². The highest BCUT2D eigenvalue weighted by Gasteiger charge is 2.26. The monoisotopic (exact) mass is 811 g/mol. The summed E-state index contributed by atoms with van der Waals surface area (Å²) in [4.78, 5) is 22.9. The molecule has 0 rings (SSSR count). The molecule has 0 heterocycles. The van der Waals surface area contributed by atoms with Gasteiger partial charge in [-0.3, -0.25) is 13.8 Å². The van der Waals surface area contributed by atoms with Crippen molar-refractivity contribution in [3.8, 4) is 0 Å². The number of carbonyl (C=O) groups is 1. The molecule has 0 radical (unpaired) electrons. The maximum absolute atomic E-state index is 12.7. The second kappa shape index (κ2) is 40.2. The van der Waals surface area contributed by atoms with Crippen molar-refractivity contribution in [3.05, 3.63) is 48.6 Å². The highest BCUT2D eigenvalue weighted by molar-refractivity contribution is 7.47. The fourth-order valence-corrected chi connectivity index (χ4v) is 6.87. The molecule has 56 heavy (non-hydrogen) atoms. The number of nitrogens with zero attached hydrogens (tertiary/aromatic N) is 1. The van der Waals surface area contributed by atoms with E-state index in [0.29, 0.717) is 24.1 Å². The number of hydrogen-bond donors (Lipinski definition) is 1. The molecule has 0 aromatic heterocycles. The van der Waals surface area contributed by atoms with Crippen LogP contribution in [-0.2, 0) is 27.9 Å². The van der Waals surface area contributed by atoms with Gasteiger partial charge in [-0.15, -0.1) is 0 Å². The summed E-state index contributed by atoms with van der Waals surface area (Å²) in [6, 6.07) is 0. The van der Waals surface area contributed by atoms with Crippen molar-refractivity contribution in [2.75, 3.05) is 54.1 Å². The lowest BCUT2D eigenvalue weighted by Gasteiger charge is -2.24. The molecule has 2 unspecified atom stereocenters. The standard InChI is InChI=1S/C47H88NO7P/c1-6-8-10-12-14-16-18-19-20-21-22-23-24-25-26-27-28-29-30-32-34-36-38-40-47(49)55-46(45-54-56(50,51)53-43-41-48(3,4)5)44-52-42-39-37-35-33-31-17-15-13-11-9-7-2/h8,10,14,16,19-20,22-23,46H,6-7,9,11-13,15,17-18,21,24-45H2,1-5H3/p+1/b10-8-,16-14-,20-19-,23-22-. The Morgan fingerprint density at radius 1 is 0.571 bits per heavy atom. The van der Waals surface area contributed by atoms with Crippen molar-refractivity contribution in [3.63, 3.8) is 0 Å². The van der Waals surface area contributed by atoms with Crippen molar-refractivity contribution in [1.29, 1.82) is 0 Å². The number of unbranched alkanes of at least 4 members (excludes halogenated alkanes) is 20. The first kappa shape index (κ1) is 54.5. The van der Waals surface area contributed by atoms with Crippen molar-refractivity contribution in [1.82, 2.24) is 0 Å². The number of rotatable bonds is 42. The molecular formula is C47H89NO7P+. The molecule has 9 heteroatoms. The Hall–Kier alpha value is -1.54. The normalized spacial score (nSPS) is 14.2. The van der Waals surface area contributed by atoms with E-state index >= 15 is 0 Å². The predicted octanol–water partition coefficient (Wildman–Crippen LogP) is 13.6. The largest absolute Gasteiger partial charge is 0.472 e. The molecule has 0 aliphatic rings. The third-order valence-corrected chi connectivity index (χ3v) is 10.6. The molecule has 0 aliphatic carbocycles. The van der Waals surface area contributed by atoms with Crippen LogP contribution in [0.4, 0.5) is 0 Å². The molecule has 2 atom stereocenters. The Balaban J connectivity index is 4.14. The van der Waals surface area contributed by atoms with Crippen LogP contribution in [0.15, 0.2) is 48.6 Å². The predicted molar refractivity (Wildman–Crippen MR) is 238 cm³/mol. The van der Waals surface area contributed by atoms with Gasteiger partial charge in [0.1, 0.15) is 19.3 Å². The Bertz CT molecular complexity index is 1040. The van der Waals surface area contributed by atoms with Crippen molar-refractivity contribution >= 4 is 13.8 Å². The summed E-state index contributed by atoms with van der Waals surface area (Å²) in [5, 5.41) is 0. The van der Waals surface area contributed by atoms with Gasteiger partial charge in [-0.2, -0.15) is 0 Å². The molecule has 1 N–H and O–H groups in total. The Morgan fingerprint density at radius 3 is 1.55 bits per heavy atom. The number of likely N-dealkylation sites (N-methyl/N-ethyl adjacent to an activating group) is 1. The van der Waals surface area contributed by atoms with Crippen LogP contribution in [-0.4, -0.2) is 75.6 Å². The third kappa shape index (κ3) is 43.6. The maximum Gasteiger partial charge on any atom is 0.472 e. The topological polar surface area (TPSA) is 91.3 Å². The molecule has 0 amide bonds. The van der Waals surface area contributed by atoms with Gasteiger partial charge < -0.3 is 18.9 Å². The minimum absolute atomic E-state index is 0.0876. The molecule has 0 aromatic rings. The summed E-state index contributed by atoms with van der Waals surface area (Å²) in [5.74, 6) is -0.319. The number of ether oxygens (including phenoxy) is 2. The summed E-state index contributed by atoms with van der Waals surface area (Å²) in [6.07, 6.45) is 48.6. The minimum Gasteiger partial charge on any atom is -0.457 e. The molecule has 0 fully saturated rings. The van der Waals surface area contributed by atoms with Crippen molar-refractivity contribution in [2.45, 2.75) is 193 Å². The Morgan fingerprint density at radius 2 is 1.04 bits per heavy atom. The van der Waals surface area contributed by atoms with Gasteiger partial charge in [0.05, 0.1) is 34.4 Å². The molecule has 0 aromatic carbocycles. The Kier molecular flexibility index (Phi) is 39.1. The molecule has 0 spiro atoms. The lowest BCUT2D eigenvalue weighted by molar-refractivity contribution is -0.870. The number of carbonyl (C=O) groups excluding carboxylic acids is 1. The first-order valence-corrected chi connectivity index (χ1v) is 24.4. The zero-order valence-corrected chi connectivity index (χ0v) is 38.0. The average Bonchev–Trinajstić information content (AvgIpc) is 3.15. The average molecular weight is 811 g/mol. The van der Waals surface area contributed by atoms with Gasteiger partial charge in [-0.1, -0.05) is 178 Å². The minimum atomic E-state index is -4.27. The number of quaternary nitrogens is 1. The van der Waals surface area contributed by atoms with Gasteiger partial charge in [-0.25, -0.2) is 4.57 Å². The third-order valence-electron chi connectivity index (χ3n) is 9.65. The van der Waals surface area contributed by atoms with E-state index in [-0.39, 0.29) is 25.8 Å². The quantitative estimate of drug-likeness (QED) is 0.0216. The second-order valence-electron chi connectivity index (χ2n) is 16.4. The summed E-state index contributed by atoms with van der Waals surface area (Å²) < 4.78 is 35.0. The zero-order valence-electron chi connectivity index (χ0n) is 37.1. The van der Waals surface area contributed by atoms with Crippen LogP contribution in [0, 0.1) is 0 Å². The van der Waals surface area contributed by atoms with Gasteiger partial charge in [0, 0.05) is 13.0 Å². The highest BCUT2D eigenvalue weighted by Crippen LogP contribution is 2.43. The molecule has 0 bridgehead atoms. The summed E-state index contributed by atoms with van der Waals surface area (Å²) >= 11 is 0. The van der Waals surface area contributed by atoms with Crippen LogP contribution < -0.4 is 0 Å². The van der Waals surface area contributed by atoms with E-state index in [0.717, 1.165) is 57.8 Å². The zero-order chi connectivity index (χ0) is 41.3. The van der Waals surface area contributed by atoms with Crippen LogP contribution in [0.25, 0.3) is 0 Å². The maximum atomic E-state index is 12.7. The van der Waals surface area contributed by atoms with E-state index in [1.165, 1.54) is 109 Å². The number of hydrogen-bond acceptors (Lipinski definition) is 6. The summed E-state index contributed by atoms with van der Waals surface area (Å²) in [5.41, 5.74) is 0. The molecule has 8 nitrogen and oxygen atoms in total. The van der Waals surface area contributed by atoms with E-state index in [9.17, 15) is 14.3 Å². The fraction of sp³-hybridized carbons (Fsp3) is 0.809. The highest BCUT2D eigenvalue weighted by atomic mass is 31.2. The van der Waals surface area contributed by atoms with Crippen LogP contribution >= 0.6 is 7.82 Å². The molecule has 0 saturated heterocycles.